The minimum atomic E-state index is 0.143. The molecule has 5 heteroatoms. The minimum Gasteiger partial charge on any atom is -0.439 e. The summed E-state index contributed by atoms with van der Waals surface area (Å²) in [5.74, 6) is 2.27. The number of hydrogen-bond donors (Lipinski definition) is 0. The third kappa shape index (κ3) is 2.43. The van der Waals surface area contributed by atoms with Crippen molar-refractivity contribution in [3.63, 3.8) is 0 Å². The predicted molar refractivity (Wildman–Crippen MR) is 104 cm³/mol. The van der Waals surface area contributed by atoms with Crippen LogP contribution in [0.1, 0.15) is 46.7 Å². The minimum absolute atomic E-state index is 0.143. The fourth-order valence-corrected chi connectivity index (χ4v) is 5.02. The lowest BCUT2D eigenvalue weighted by Gasteiger charge is -2.42. The molecule has 0 spiro atoms. The van der Waals surface area contributed by atoms with Crippen molar-refractivity contribution in [1.29, 1.82) is 0 Å². The topological polar surface area (TPSA) is 32.5 Å². The Labute approximate surface area is 150 Å². The van der Waals surface area contributed by atoms with E-state index in [1.807, 2.05) is 13.0 Å². The highest BCUT2D eigenvalue weighted by Crippen LogP contribution is 2.46. The van der Waals surface area contributed by atoms with Crippen LogP contribution >= 0.6 is 0 Å². The first kappa shape index (κ1) is 16.7. The van der Waals surface area contributed by atoms with Crippen molar-refractivity contribution in [1.82, 2.24) is 14.6 Å². The molecule has 1 atom stereocenters. The van der Waals surface area contributed by atoms with Crippen molar-refractivity contribution in [2.24, 2.45) is 5.41 Å². The maximum Gasteiger partial charge on any atom is 0.374 e. The van der Waals surface area contributed by atoms with E-state index in [2.05, 4.69) is 74.5 Å². The smallest absolute Gasteiger partial charge is 0.374 e. The van der Waals surface area contributed by atoms with E-state index in [0.29, 0.717) is 11.5 Å². The Morgan fingerprint density at radius 3 is 2.60 bits per heavy atom. The normalized spacial score (nSPS) is 25.0. The van der Waals surface area contributed by atoms with Crippen LogP contribution in [0.3, 0.4) is 0 Å². The molecule has 2 aliphatic rings. The van der Waals surface area contributed by atoms with Crippen LogP contribution in [0.15, 0.2) is 16.5 Å². The standard InChI is InChI=1S/C20H28BN3O/c1-13-8-9-15-16-11-23(7)21(10-17(16)25-18(15)22-13)24-14(2)19(3,4)12-20(24,5)6/h8-11,14H,12H2,1-7H3/t14-/m0/s1. The van der Waals surface area contributed by atoms with E-state index in [9.17, 15) is 0 Å². The van der Waals surface area contributed by atoms with Crippen LogP contribution in [-0.2, 0) is 0 Å². The Bertz CT molecular complexity index is 959. The summed E-state index contributed by atoms with van der Waals surface area (Å²) in [4.78, 5) is 9.51. The first-order valence-corrected chi connectivity index (χ1v) is 9.20. The largest absolute Gasteiger partial charge is 0.439 e. The number of hydrogen-bond acceptors (Lipinski definition) is 4. The zero-order valence-electron chi connectivity index (χ0n) is 16.4. The van der Waals surface area contributed by atoms with Crippen LogP contribution in [0.25, 0.3) is 23.3 Å². The van der Waals surface area contributed by atoms with Crippen LogP contribution in [0, 0.1) is 12.3 Å². The molecule has 0 unspecified atom stereocenters. The molecule has 0 N–H and O–H groups in total. The third-order valence-corrected chi connectivity index (χ3v) is 6.23. The van der Waals surface area contributed by atoms with Gasteiger partial charge in [-0.15, -0.1) is 0 Å². The maximum atomic E-state index is 6.11. The molecule has 2 aromatic heterocycles. The van der Waals surface area contributed by atoms with E-state index < -0.39 is 0 Å². The van der Waals surface area contributed by atoms with Crippen molar-refractivity contribution in [3.05, 3.63) is 28.5 Å². The van der Waals surface area contributed by atoms with E-state index in [0.717, 1.165) is 27.4 Å². The third-order valence-electron chi connectivity index (χ3n) is 6.23. The van der Waals surface area contributed by atoms with Gasteiger partial charge in [0, 0.05) is 27.9 Å². The molecule has 2 aromatic rings. The monoisotopic (exact) mass is 337 g/mol. The number of pyridine rings is 1. The number of furan rings is 1. The molecular weight excluding hydrogens is 309 g/mol. The number of fused-ring (bicyclic) bond motifs is 3. The first-order valence-electron chi connectivity index (χ1n) is 9.20. The SMILES string of the molecule is Cc1ccc2c3c(oc2n1)=CB(N1[C@@H](C)C(C)(C)CC1(C)C)N(C)C=3. The van der Waals surface area contributed by atoms with Gasteiger partial charge in [-0.2, -0.15) is 0 Å². The molecule has 0 aromatic carbocycles. The Kier molecular flexibility index (Phi) is 3.43. The molecule has 25 heavy (non-hydrogen) atoms. The summed E-state index contributed by atoms with van der Waals surface area (Å²) in [6.07, 6.45) is 3.41. The lowest BCUT2D eigenvalue weighted by Crippen LogP contribution is -2.59. The Morgan fingerprint density at radius 2 is 1.96 bits per heavy atom. The van der Waals surface area contributed by atoms with Crippen LogP contribution < -0.4 is 10.6 Å². The van der Waals surface area contributed by atoms with Gasteiger partial charge in [-0.05, 0) is 70.9 Å². The van der Waals surface area contributed by atoms with Gasteiger partial charge in [-0.3, -0.25) is 0 Å². The lowest BCUT2D eigenvalue weighted by molar-refractivity contribution is 0.226. The Hall–Kier alpha value is -1.75. The molecule has 0 aliphatic carbocycles. The van der Waals surface area contributed by atoms with Gasteiger partial charge in [0.25, 0.3) is 0 Å². The summed E-state index contributed by atoms with van der Waals surface area (Å²) in [6.45, 7) is 14.0. The van der Waals surface area contributed by atoms with Crippen molar-refractivity contribution in [2.75, 3.05) is 7.05 Å². The fourth-order valence-electron chi connectivity index (χ4n) is 5.02. The zero-order chi connectivity index (χ0) is 18.1. The predicted octanol–water partition coefficient (Wildman–Crippen LogP) is 2.53. The Balaban J connectivity index is 1.86. The molecule has 0 bridgehead atoms. The van der Waals surface area contributed by atoms with Gasteiger partial charge in [0.15, 0.2) is 0 Å². The maximum absolute atomic E-state index is 6.11. The van der Waals surface area contributed by atoms with Crippen LogP contribution in [-0.4, -0.2) is 40.2 Å². The second-order valence-electron chi connectivity index (χ2n) is 9.12. The summed E-state index contributed by atoms with van der Waals surface area (Å²) in [6, 6.07) is 4.65. The van der Waals surface area contributed by atoms with E-state index in [1.54, 1.807) is 0 Å². The molecule has 0 saturated carbocycles. The van der Waals surface area contributed by atoms with Crippen LogP contribution in [0.5, 0.6) is 0 Å². The molecular formula is C20H28BN3O. The lowest BCUT2D eigenvalue weighted by atomic mass is 9.67. The molecule has 4 rings (SSSR count). The van der Waals surface area contributed by atoms with Gasteiger partial charge in [0.2, 0.25) is 5.71 Å². The zero-order valence-corrected chi connectivity index (χ0v) is 16.4. The van der Waals surface area contributed by atoms with Gasteiger partial charge in [-0.1, -0.05) is 13.8 Å². The summed E-state index contributed by atoms with van der Waals surface area (Å²) < 4.78 is 6.11. The highest BCUT2D eigenvalue weighted by atomic mass is 16.3. The van der Waals surface area contributed by atoms with E-state index in [1.165, 1.54) is 6.42 Å². The van der Waals surface area contributed by atoms with Gasteiger partial charge >= 0.3 is 6.98 Å². The molecule has 0 amide bonds. The highest BCUT2D eigenvalue weighted by Gasteiger charge is 2.52. The van der Waals surface area contributed by atoms with Crippen molar-refractivity contribution in [2.45, 2.75) is 59.5 Å². The summed E-state index contributed by atoms with van der Waals surface area (Å²) >= 11 is 0. The molecule has 1 fully saturated rings. The second kappa shape index (κ2) is 5.13. The average Bonchev–Trinajstić information content (AvgIpc) is 2.89. The molecule has 1 saturated heterocycles. The van der Waals surface area contributed by atoms with Crippen molar-refractivity contribution in [3.8, 4) is 0 Å². The highest BCUT2D eigenvalue weighted by molar-refractivity contribution is 6.69. The van der Waals surface area contributed by atoms with Gasteiger partial charge in [0.1, 0.15) is 5.42 Å². The molecule has 132 valence electrons. The van der Waals surface area contributed by atoms with Gasteiger partial charge in [0.05, 0.1) is 0 Å². The molecule has 0 radical (unpaired) electrons. The number of nitrogens with zero attached hydrogens (tertiary/aromatic N) is 3. The quantitative estimate of drug-likeness (QED) is 0.749. The van der Waals surface area contributed by atoms with Gasteiger partial charge < -0.3 is 14.0 Å². The number of rotatable bonds is 1. The Morgan fingerprint density at radius 1 is 1.24 bits per heavy atom. The van der Waals surface area contributed by atoms with E-state index in [4.69, 9.17) is 4.42 Å². The molecule has 2 aliphatic heterocycles. The van der Waals surface area contributed by atoms with Gasteiger partial charge in [-0.25, -0.2) is 4.98 Å². The van der Waals surface area contributed by atoms with Crippen molar-refractivity contribution < 1.29 is 4.42 Å². The fraction of sp³-hybridized carbons (Fsp3) is 0.550. The molecule has 4 nitrogen and oxygen atoms in total. The summed E-state index contributed by atoms with van der Waals surface area (Å²) in [5.41, 5.74) is 3.11. The average molecular weight is 337 g/mol. The van der Waals surface area contributed by atoms with E-state index >= 15 is 0 Å². The first-order chi connectivity index (χ1) is 11.6. The van der Waals surface area contributed by atoms with E-state index in [-0.39, 0.29) is 12.5 Å². The number of aromatic nitrogens is 1. The van der Waals surface area contributed by atoms with Crippen LogP contribution in [0.4, 0.5) is 0 Å². The second-order valence-corrected chi connectivity index (χ2v) is 9.12. The van der Waals surface area contributed by atoms with Crippen LogP contribution in [0.2, 0.25) is 0 Å². The van der Waals surface area contributed by atoms with Crippen molar-refractivity contribution >= 4 is 30.3 Å². The number of aryl methyl sites for hydroxylation is 1. The summed E-state index contributed by atoms with van der Waals surface area (Å²) in [7, 11) is 2.17. The summed E-state index contributed by atoms with van der Waals surface area (Å²) in [5, 5.41) is 2.24. The molecule has 4 heterocycles.